The summed E-state index contributed by atoms with van der Waals surface area (Å²) >= 11 is 3.33. The van der Waals surface area contributed by atoms with E-state index >= 15 is 0 Å². The zero-order chi connectivity index (χ0) is 12.3. The van der Waals surface area contributed by atoms with Crippen LogP contribution in [0.4, 0.5) is 5.82 Å². The Morgan fingerprint density at radius 1 is 1.53 bits per heavy atom. The highest BCUT2D eigenvalue weighted by Gasteiger charge is 2.21. The molecule has 5 heteroatoms. The van der Waals surface area contributed by atoms with Gasteiger partial charge in [-0.05, 0) is 34.8 Å². The van der Waals surface area contributed by atoms with E-state index < -0.39 is 0 Å². The highest BCUT2D eigenvalue weighted by atomic mass is 79.9. The van der Waals surface area contributed by atoms with Gasteiger partial charge in [0.1, 0.15) is 11.9 Å². The lowest BCUT2D eigenvalue weighted by Gasteiger charge is -2.32. The summed E-state index contributed by atoms with van der Waals surface area (Å²) in [6.45, 7) is 1.57. The zero-order valence-corrected chi connectivity index (χ0v) is 11.3. The average molecular weight is 296 g/mol. The van der Waals surface area contributed by atoms with Crippen molar-refractivity contribution in [3.63, 3.8) is 0 Å². The second-order valence-corrected chi connectivity index (χ2v) is 5.01. The second-order valence-electron chi connectivity index (χ2n) is 4.09. The molecule has 0 aliphatic carbocycles. The number of nitriles is 1. The molecule has 2 rings (SSSR count). The van der Waals surface area contributed by atoms with E-state index in [0.29, 0.717) is 11.6 Å². The molecule has 0 amide bonds. The third kappa shape index (κ3) is 2.76. The smallest absolute Gasteiger partial charge is 0.146 e. The van der Waals surface area contributed by atoms with E-state index in [1.54, 1.807) is 12.3 Å². The molecule has 1 fully saturated rings. The van der Waals surface area contributed by atoms with Gasteiger partial charge in [-0.25, -0.2) is 4.98 Å². The van der Waals surface area contributed by atoms with Crippen LogP contribution in [0.5, 0.6) is 0 Å². The fourth-order valence-corrected chi connectivity index (χ4v) is 2.37. The lowest BCUT2D eigenvalue weighted by Crippen LogP contribution is -2.37. The predicted molar refractivity (Wildman–Crippen MR) is 68.9 cm³/mol. The molecular weight excluding hydrogens is 282 g/mol. The van der Waals surface area contributed by atoms with Crippen molar-refractivity contribution < 1.29 is 4.74 Å². The minimum Gasteiger partial charge on any atom is -0.381 e. The third-order valence-electron chi connectivity index (χ3n) is 3.03. The van der Waals surface area contributed by atoms with Crippen LogP contribution in [0.25, 0.3) is 0 Å². The summed E-state index contributed by atoms with van der Waals surface area (Å²) in [5, 5.41) is 9.13. The van der Waals surface area contributed by atoms with E-state index in [4.69, 9.17) is 10.00 Å². The molecule has 0 radical (unpaired) electrons. The Morgan fingerprint density at radius 3 is 2.88 bits per heavy atom. The first-order valence-electron chi connectivity index (χ1n) is 5.58. The van der Waals surface area contributed by atoms with Gasteiger partial charge < -0.3 is 9.64 Å². The molecule has 4 nitrogen and oxygen atoms in total. The quantitative estimate of drug-likeness (QED) is 0.840. The van der Waals surface area contributed by atoms with Gasteiger partial charge in [-0.3, -0.25) is 0 Å². The number of ether oxygens (including phenoxy) is 1. The van der Waals surface area contributed by atoms with Crippen LogP contribution in [0.3, 0.4) is 0 Å². The topological polar surface area (TPSA) is 49.2 Å². The number of hydrogen-bond acceptors (Lipinski definition) is 4. The average Bonchev–Trinajstić information content (AvgIpc) is 2.39. The van der Waals surface area contributed by atoms with Crippen LogP contribution in [-0.2, 0) is 4.74 Å². The van der Waals surface area contributed by atoms with Crippen LogP contribution in [0.15, 0.2) is 16.7 Å². The summed E-state index contributed by atoms with van der Waals surface area (Å²) in [5.74, 6) is 0.752. The minimum atomic E-state index is 0.407. The van der Waals surface area contributed by atoms with Gasteiger partial charge in [0.15, 0.2) is 0 Å². The molecule has 1 saturated heterocycles. The van der Waals surface area contributed by atoms with Gasteiger partial charge in [-0.15, -0.1) is 0 Å². The standard InChI is InChI=1S/C12H14BrN3O/c1-16(11-2-4-17-5-3-11)12-9(7-14)6-10(13)8-15-12/h6,8,11H,2-5H2,1H3. The van der Waals surface area contributed by atoms with Gasteiger partial charge in [-0.2, -0.15) is 5.26 Å². The van der Waals surface area contributed by atoms with Gasteiger partial charge in [0.2, 0.25) is 0 Å². The van der Waals surface area contributed by atoms with Crippen molar-refractivity contribution in [1.82, 2.24) is 4.98 Å². The van der Waals surface area contributed by atoms with E-state index in [0.717, 1.165) is 36.3 Å². The molecule has 0 spiro atoms. The van der Waals surface area contributed by atoms with E-state index in [9.17, 15) is 0 Å². The molecule has 0 N–H and O–H groups in total. The lowest BCUT2D eigenvalue weighted by atomic mass is 10.1. The maximum Gasteiger partial charge on any atom is 0.146 e. The fourth-order valence-electron chi connectivity index (χ4n) is 2.04. The first kappa shape index (κ1) is 12.3. The molecule has 0 bridgehead atoms. The van der Waals surface area contributed by atoms with Gasteiger partial charge in [0.05, 0.1) is 5.56 Å². The summed E-state index contributed by atoms with van der Waals surface area (Å²) < 4.78 is 6.17. The molecule has 1 aromatic rings. The van der Waals surface area contributed by atoms with E-state index in [-0.39, 0.29) is 0 Å². The van der Waals surface area contributed by atoms with Crippen molar-refractivity contribution >= 4 is 21.7 Å². The normalized spacial score (nSPS) is 16.5. The number of rotatable bonds is 2. The van der Waals surface area contributed by atoms with Crippen LogP contribution in [0.1, 0.15) is 18.4 Å². The molecule has 0 atom stereocenters. The van der Waals surface area contributed by atoms with Crippen molar-refractivity contribution in [2.75, 3.05) is 25.2 Å². The Kier molecular flexibility index (Phi) is 3.97. The third-order valence-corrected chi connectivity index (χ3v) is 3.46. The summed E-state index contributed by atoms with van der Waals surface area (Å²) in [4.78, 5) is 6.43. The number of anilines is 1. The predicted octanol–water partition coefficient (Wildman–Crippen LogP) is 2.33. The van der Waals surface area contributed by atoms with Gasteiger partial charge in [-0.1, -0.05) is 0 Å². The SMILES string of the molecule is CN(c1ncc(Br)cc1C#N)C1CCOCC1. The molecule has 0 aromatic carbocycles. The zero-order valence-electron chi connectivity index (χ0n) is 9.69. The van der Waals surface area contributed by atoms with E-state index in [2.05, 4.69) is 31.9 Å². The minimum absolute atomic E-state index is 0.407. The van der Waals surface area contributed by atoms with E-state index in [1.165, 1.54) is 0 Å². The summed E-state index contributed by atoms with van der Waals surface area (Å²) in [5.41, 5.74) is 0.605. The maximum atomic E-state index is 9.13. The second kappa shape index (κ2) is 5.48. The van der Waals surface area contributed by atoms with Crippen LogP contribution in [0.2, 0.25) is 0 Å². The molecule has 1 aromatic heterocycles. The highest BCUT2D eigenvalue weighted by Crippen LogP contribution is 2.24. The van der Waals surface area contributed by atoms with Gasteiger partial charge in [0.25, 0.3) is 0 Å². The monoisotopic (exact) mass is 295 g/mol. The van der Waals surface area contributed by atoms with Crippen molar-refractivity contribution in [3.8, 4) is 6.07 Å². The fraction of sp³-hybridized carbons (Fsp3) is 0.500. The molecule has 2 heterocycles. The van der Waals surface area contributed by atoms with Crippen LogP contribution in [-0.4, -0.2) is 31.3 Å². The Labute approximate surface area is 109 Å². The molecule has 90 valence electrons. The maximum absolute atomic E-state index is 9.13. The lowest BCUT2D eigenvalue weighted by molar-refractivity contribution is 0.0853. The molecule has 17 heavy (non-hydrogen) atoms. The van der Waals surface area contributed by atoms with Crippen LogP contribution >= 0.6 is 15.9 Å². The molecular formula is C12H14BrN3O. The Morgan fingerprint density at radius 2 is 2.24 bits per heavy atom. The Balaban J connectivity index is 2.23. The first-order chi connectivity index (χ1) is 8.22. The first-order valence-corrected chi connectivity index (χ1v) is 6.38. The van der Waals surface area contributed by atoms with Gasteiger partial charge in [0, 0.05) is 37.0 Å². The highest BCUT2D eigenvalue weighted by molar-refractivity contribution is 9.10. The van der Waals surface area contributed by atoms with Crippen molar-refractivity contribution in [1.29, 1.82) is 5.26 Å². The Bertz CT molecular complexity index is 438. The molecule has 1 aliphatic heterocycles. The summed E-state index contributed by atoms with van der Waals surface area (Å²) in [7, 11) is 1.99. The number of aromatic nitrogens is 1. The van der Waals surface area contributed by atoms with Crippen molar-refractivity contribution in [2.45, 2.75) is 18.9 Å². The van der Waals surface area contributed by atoms with Crippen molar-refractivity contribution in [3.05, 3.63) is 22.3 Å². The van der Waals surface area contributed by atoms with Gasteiger partial charge >= 0.3 is 0 Å². The largest absolute Gasteiger partial charge is 0.381 e. The summed E-state index contributed by atoms with van der Waals surface area (Å²) in [6, 6.07) is 4.40. The van der Waals surface area contributed by atoms with Crippen LogP contribution < -0.4 is 4.90 Å². The molecule has 0 saturated carbocycles. The number of halogens is 1. The Hall–Kier alpha value is -1.12. The number of hydrogen-bond donors (Lipinski definition) is 0. The molecule has 0 unspecified atom stereocenters. The molecule has 1 aliphatic rings. The van der Waals surface area contributed by atoms with Crippen molar-refractivity contribution in [2.24, 2.45) is 0 Å². The van der Waals surface area contributed by atoms with E-state index in [1.807, 2.05) is 7.05 Å². The van der Waals surface area contributed by atoms with Crippen LogP contribution in [0, 0.1) is 11.3 Å². The summed E-state index contributed by atoms with van der Waals surface area (Å²) in [6.07, 6.45) is 3.70. The number of nitrogens with zero attached hydrogens (tertiary/aromatic N) is 3. The number of pyridine rings is 1.